The minimum atomic E-state index is 0. The summed E-state index contributed by atoms with van der Waals surface area (Å²) < 4.78 is 0. The van der Waals surface area contributed by atoms with Gasteiger partial charge >= 0.3 is 0 Å². The Kier molecular flexibility index (Phi) is 30.9. The Hall–Kier alpha value is -2.59. The molecule has 0 bridgehead atoms. The quantitative estimate of drug-likeness (QED) is 0.0509. The molecule has 0 heterocycles. The number of benzene rings is 4. The van der Waals surface area contributed by atoms with Gasteiger partial charge in [0.25, 0.3) is 0 Å². The molecule has 1 atom stereocenters. The van der Waals surface area contributed by atoms with Gasteiger partial charge in [0.2, 0.25) is 0 Å². The van der Waals surface area contributed by atoms with Crippen LogP contribution in [0.3, 0.4) is 0 Å². The second kappa shape index (κ2) is 33.7. The summed E-state index contributed by atoms with van der Waals surface area (Å²) in [7, 11) is 0.271. The van der Waals surface area contributed by atoms with Gasteiger partial charge < -0.3 is 5.73 Å². The summed E-state index contributed by atoms with van der Waals surface area (Å²) in [5, 5.41) is 2.90. The van der Waals surface area contributed by atoms with Crippen molar-refractivity contribution in [3.8, 4) is 11.1 Å². The van der Waals surface area contributed by atoms with Crippen LogP contribution in [0, 0.1) is 12.0 Å². The first kappa shape index (κ1) is 49.4. The second-order valence-corrected chi connectivity index (χ2v) is 16.2. The maximum Gasteiger partial charge on any atom is 0.103 e. The SMILES string of the molecule is CC1=[C-]C(C)C(C)=C1C.CCCCCCCCCCCCCCCCCC[NH-].[Hf].c1ccc(-c2ccccc2)cc1.c1ccc([SiH]c2ccccc2)cc1. The Balaban J connectivity index is 0.000000369. The summed E-state index contributed by atoms with van der Waals surface area (Å²) in [6.45, 7) is 11.6. The summed E-state index contributed by atoms with van der Waals surface area (Å²) in [5.41, 5.74) is 13.9. The van der Waals surface area contributed by atoms with Crippen LogP contribution in [0.25, 0.3) is 16.9 Å². The molecule has 3 heteroatoms. The standard InChI is InChI=1S/C18H38N.C12H11Si.C12H10.C9H13.Hf/c1-2-3-4-5-6-7-8-9-10-11-12-13-14-15-16-17-18-19;1-3-7-11(8-4-1)13-12-9-5-2-6-10-12;1-3-7-11(8-4-1)12-9-5-2-6-10-12;1-6-5-7(2)9(4)8(6)3;/h19H,2-18H2,1H3;1-10,13H;1-10H;6H,1-4H3;/q-1;;;-1;. The van der Waals surface area contributed by atoms with Crippen LogP contribution in [0.4, 0.5) is 0 Å². The molecule has 291 valence electrons. The summed E-state index contributed by atoms with van der Waals surface area (Å²) in [6, 6.07) is 42.1. The van der Waals surface area contributed by atoms with Gasteiger partial charge in [0.15, 0.2) is 0 Å². The van der Waals surface area contributed by atoms with E-state index in [0.717, 1.165) is 6.42 Å². The normalized spacial score (nSPS) is 12.9. The summed E-state index contributed by atoms with van der Waals surface area (Å²) in [5.74, 6) is 0.560. The maximum atomic E-state index is 7.08. The van der Waals surface area contributed by atoms with Crippen molar-refractivity contribution in [2.75, 3.05) is 6.54 Å². The largest absolute Gasteiger partial charge is 0.677 e. The van der Waals surface area contributed by atoms with E-state index in [9.17, 15) is 0 Å². The Labute approximate surface area is 354 Å². The van der Waals surface area contributed by atoms with Crippen LogP contribution in [0.1, 0.15) is 137 Å². The number of unbranched alkanes of at least 4 members (excludes halogenated alkanes) is 15. The number of rotatable bonds is 19. The van der Waals surface area contributed by atoms with E-state index < -0.39 is 0 Å². The van der Waals surface area contributed by atoms with E-state index in [1.54, 1.807) is 0 Å². The summed E-state index contributed by atoms with van der Waals surface area (Å²) in [4.78, 5) is 0. The van der Waals surface area contributed by atoms with Crippen LogP contribution in [-0.2, 0) is 25.8 Å². The molecule has 0 amide bonds. The van der Waals surface area contributed by atoms with Crippen LogP contribution in [0.5, 0.6) is 0 Å². The fourth-order valence-electron chi connectivity index (χ4n) is 6.39. The van der Waals surface area contributed by atoms with Crippen molar-refractivity contribution in [3.05, 3.63) is 150 Å². The molecule has 0 saturated heterocycles. The monoisotopic (exact) mass is 906 g/mol. The minimum Gasteiger partial charge on any atom is -0.677 e. The third-order valence-electron chi connectivity index (χ3n) is 10.1. The zero-order valence-corrected chi connectivity index (χ0v) is 39.5. The molecule has 0 saturated carbocycles. The molecule has 4 aromatic carbocycles. The first-order chi connectivity index (χ1) is 26.0. The van der Waals surface area contributed by atoms with E-state index in [1.807, 2.05) is 12.1 Å². The van der Waals surface area contributed by atoms with Crippen LogP contribution in [-0.4, -0.2) is 16.1 Å². The van der Waals surface area contributed by atoms with E-state index in [2.05, 4.69) is 150 Å². The van der Waals surface area contributed by atoms with Crippen LogP contribution < -0.4 is 10.4 Å². The molecule has 54 heavy (non-hydrogen) atoms. The molecule has 1 unspecified atom stereocenters. The molecule has 1 aliphatic carbocycles. The third-order valence-corrected chi connectivity index (χ3v) is 11.5. The van der Waals surface area contributed by atoms with E-state index >= 15 is 0 Å². The Bertz CT molecular complexity index is 1380. The first-order valence-electron chi connectivity index (χ1n) is 20.9. The molecule has 1 N–H and O–H groups in total. The van der Waals surface area contributed by atoms with Gasteiger partial charge in [0.1, 0.15) is 9.52 Å². The molecule has 0 aliphatic heterocycles. The predicted molar refractivity (Wildman–Crippen MR) is 240 cm³/mol. The Morgan fingerprint density at radius 2 is 0.796 bits per heavy atom. The number of allylic oxidation sites excluding steroid dienone is 4. The van der Waals surface area contributed by atoms with Gasteiger partial charge in [-0.15, -0.1) is 6.92 Å². The zero-order valence-electron chi connectivity index (χ0n) is 34.7. The predicted octanol–water partition coefficient (Wildman–Crippen LogP) is 14.4. The van der Waals surface area contributed by atoms with Gasteiger partial charge in [0, 0.05) is 25.8 Å². The van der Waals surface area contributed by atoms with E-state index in [1.165, 1.54) is 135 Å². The van der Waals surface area contributed by atoms with Crippen molar-refractivity contribution in [2.45, 2.75) is 137 Å². The molecule has 1 nitrogen and oxygen atoms in total. The molecule has 0 aromatic heterocycles. The van der Waals surface area contributed by atoms with Crippen LogP contribution in [0.2, 0.25) is 0 Å². The van der Waals surface area contributed by atoms with E-state index in [4.69, 9.17) is 5.73 Å². The number of nitrogens with one attached hydrogen (secondary N) is 1. The summed E-state index contributed by atoms with van der Waals surface area (Å²) >= 11 is 0. The Morgan fingerprint density at radius 1 is 0.481 bits per heavy atom. The number of hydrogen-bond acceptors (Lipinski definition) is 0. The topological polar surface area (TPSA) is 23.8 Å². The van der Waals surface area contributed by atoms with Crippen molar-refractivity contribution in [2.24, 2.45) is 5.92 Å². The van der Waals surface area contributed by atoms with Crippen molar-refractivity contribution >= 4 is 19.9 Å². The fourth-order valence-corrected chi connectivity index (χ4v) is 7.60. The molecular formula is C51H72HfNSi-2. The molecule has 5 rings (SSSR count). The molecule has 0 fully saturated rings. The minimum absolute atomic E-state index is 0. The van der Waals surface area contributed by atoms with Crippen LogP contribution >= 0.6 is 0 Å². The van der Waals surface area contributed by atoms with Crippen molar-refractivity contribution in [1.29, 1.82) is 0 Å². The first-order valence-corrected chi connectivity index (χ1v) is 22.1. The Morgan fingerprint density at radius 3 is 1.06 bits per heavy atom. The van der Waals surface area contributed by atoms with Gasteiger partial charge in [-0.05, 0) is 11.1 Å². The van der Waals surface area contributed by atoms with Gasteiger partial charge in [-0.2, -0.15) is 17.7 Å². The van der Waals surface area contributed by atoms with Gasteiger partial charge in [0.05, 0.1) is 0 Å². The second-order valence-electron chi connectivity index (χ2n) is 14.6. The zero-order chi connectivity index (χ0) is 38.2. The van der Waals surface area contributed by atoms with Gasteiger partial charge in [-0.25, -0.2) is 5.57 Å². The molecule has 4 aromatic rings. The fraction of sp³-hybridized carbons (Fsp3) is 0.451. The van der Waals surface area contributed by atoms with Gasteiger partial charge in [-0.1, -0.05) is 268 Å². The van der Waals surface area contributed by atoms with Gasteiger partial charge in [-0.3, -0.25) is 6.08 Å². The molecule has 0 spiro atoms. The number of hydrogen-bond donors (Lipinski definition) is 0. The van der Waals surface area contributed by atoms with Crippen molar-refractivity contribution < 1.29 is 25.8 Å². The van der Waals surface area contributed by atoms with E-state index in [0.29, 0.717) is 12.5 Å². The molecule has 1 aliphatic rings. The van der Waals surface area contributed by atoms with Crippen molar-refractivity contribution in [1.82, 2.24) is 0 Å². The third kappa shape index (κ3) is 24.0. The maximum absolute atomic E-state index is 7.08. The van der Waals surface area contributed by atoms with E-state index in [-0.39, 0.29) is 35.4 Å². The molecule has 1 radical (unpaired) electrons. The van der Waals surface area contributed by atoms with Crippen LogP contribution in [0.15, 0.2) is 138 Å². The summed E-state index contributed by atoms with van der Waals surface area (Å²) in [6.07, 6.45) is 25.9. The van der Waals surface area contributed by atoms with Crippen molar-refractivity contribution in [3.63, 3.8) is 0 Å². The average Bonchev–Trinajstić information content (AvgIpc) is 3.43. The smallest absolute Gasteiger partial charge is 0.103 e. The average molecular weight is 906 g/mol. The molecular weight excluding hydrogens is 833 g/mol.